The molecule has 0 spiro atoms. The summed E-state index contributed by atoms with van der Waals surface area (Å²) in [5.74, 6) is 1.63. The fraction of sp³-hybridized carbons (Fsp3) is 1.00. The molecule has 0 saturated carbocycles. The maximum Gasteiger partial charge on any atom is 0.0594 e. The molecule has 0 amide bonds. The lowest BCUT2D eigenvalue weighted by Gasteiger charge is -2.41. The fourth-order valence-electron chi connectivity index (χ4n) is 4.07. The van der Waals surface area contributed by atoms with Crippen LogP contribution in [0.5, 0.6) is 0 Å². The van der Waals surface area contributed by atoms with Gasteiger partial charge in [0.2, 0.25) is 0 Å². The number of nitrogens with zero attached hydrogens (tertiary/aromatic N) is 3. The molecule has 26 heavy (non-hydrogen) atoms. The summed E-state index contributed by atoms with van der Waals surface area (Å²) < 4.78 is 5.36. The molecule has 2 aliphatic heterocycles. The zero-order valence-corrected chi connectivity index (χ0v) is 18.9. The maximum atomic E-state index is 5.36. The van der Waals surface area contributed by atoms with Gasteiger partial charge in [0.05, 0.1) is 13.2 Å². The minimum atomic E-state index is 0.345. The molecule has 2 rings (SSSR count). The first-order valence-electron chi connectivity index (χ1n) is 11.0. The van der Waals surface area contributed by atoms with Crippen molar-refractivity contribution in [3.05, 3.63) is 0 Å². The van der Waals surface area contributed by atoms with Crippen molar-refractivity contribution >= 4 is 0 Å². The first kappa shape index (κ1) is 23.9. The highest BCUT2D eigenvalue weighted by Gasteiger charge is 2.28. The van der Waals surface area contributed by atoms with E-state index in [0.717, 1.165) is 38.1 Å². The SMILES string of the molecule is CC(C)CC(C)(C)N1CCOCC1.CCN1CCN(CCC(C)C)CC1. The molecule has 2 aliphatic rings. The second kappa shape index (κ2) is 12.3. The smallest absolute Gasteiger partial charge is 0.0594 e. The van der Waals surface area contributed by atoms with Crippen molar-refractivity contribution in [3.8, 4) is 0 Å². The fourth-order valence-corrected chi connectivity index (χ4v) is 4.07. The van der Waals surface area contributed by atoms with E-state index in [9.17, 15) is 0 Å². The van der Waals surface area contributed by atoms with E-state index in [4.69, 9.17) is 4.74 Å². The van der Waals surface area contributed by atoms with Gasteiger partial charge in [0.25, 0.3) is 0 Å². The van der Waals surface area contributed by atoms with Crippen LogP contribution in [0.4, 0.5) is 0 Å². The highest BCUT2D eigenvalue weighted by molar-refractivity contribution is 4.83. The summed E-state index contributed by atoms with van der Waals surface area (Å²) >= 11 is 0. The topological polar surface area (TPSA) is 19.0 Å². The standard InChI is InChI=1S/C11H24N2.C11H23NO/c1-4-12-7-9-13(10-8-12)6-5-11(2)3;1-10(2)9-11(3,4)12-5-7-13-8-6-12/h11H,4-10H2,1-3H3;10H,5-9H2,1-4H3. The zero-order chi connectivity index (χ0) is 19.6. The Hall–Kier alpha value is -0.160. The highest BCUT2D eigenvalue weighted by Crippen LogP contribution is 2.24. The van der Waals surface area contributed by atoms with E-state index in [1.54, 1.807) is 0 Å². The number of hydrogen-bond donors (Lipinski definition) is 0. The first-order chi connectivity index (χ1) is 12.2. The summed E-state index contributed by atoms with van der Waals surface area (Å²) in [5.41, 5.74) is 0.345. The number of piperazine rings is 1. The number of ether oxygens (including phenoxy) is 1. The second-order valence-corrected chi connectivity index (χ2v) is 9.47. The van der Waals surface area contributed by atoms with Crippen LogP contribution in [0.3, 0.4) is 0 Å². The summed E-state index contributed by atoms with van der Waals surface area (Å²) in [6, 6.07) is 0. The predicted octanol–water partition coefficient (Wildman–Crippen LogP) is 3.81. The number of hydrogen-bond acceptors (Lipinski definition) is 4. The van der Waals surface area contributed by atoms with Gasteiger partial charge in [-0.2, -0.15) is 0 Å². The van der Waals surface area contributed by atoms with Gasteiger partial charge in [-0.15, -0.1) is 0 Å². The molecule has 156 valence electrons. The Balaban J connectivity index is 0.000000260. The van der Waals surface area contributed by atoms with Gasteiger partial charge in [0, 0.05) is 44.8 Å². The largest absolute Gasteiger partial charge is 0.379 e. The van der Waals surface area contributed by atoms with E-state index in [-0.39, 0.29) is 0 Å². The molecule has 0 radical (unpaired) electrons. The van der Waals surface area contributed by atoms with Crippen LogP contribution in [0, 0.1) is 11.8 Å². The summed E-state index contributed by atoms with van der Waals surface area (Å²) in [7, 11) is 0. The molecule has 2 fully saturated rings. The van der Waals surface area contributed by atoms with Crippen LogP contribution < -0.4 is 0 Å². The van der Waals surface area contributed by atoms with Crippen molar-refractivity contribution in [1.29, 1.82) is 0 Å². The summed E-state index contributed by atoms with van der Waals surface area (Å²) in [6.07, 6.45) is 2.62. The Labute approximate surface area is 164 Å². The van der Waals surface area contributed by atoms with Gasteiger partial charge in [0.1, 0.15) is 0 Å². The molecule has 0 aliphatic carbocycles. The summed E-state index contributed by atoms with van der Waals surface area (Å²) in [6.45, 7) is 27.8. The molecule has 0 unspecified atom stereocenters. The Morgan fingerprint density at radius 1 is 0.808 bits per heavy atom. The zero-order valence-electron chi connectivity index (χ0n) is 18.9. The highest BCUT2D eigenvalue weighted by atomic mass is 16.5. The van der Waals surface area contributed by atoms with E-state index < -0.39 is 0 Å². The van der Waals surface area contributed by atoms with Gasteiger partial charge in [-0.1, -0.05) is 34.6 Å². The molecule has 0 aromatic heterocycles. The third-order valence-corrected chi connectivity index (χ3v) is 5.71. The molecule has 4 nitrogen and oxygen atoms in total. The molecule has 0 N–H and O–H groups in total. The van der Waals surface area contributed by atoms with Crippen molar-refractivity contribution in [1.82, 2.24) is 14.7 Å². The Kier molecular flexibility index (Phi) is 11.3. The maximum absolute atomic E-state index is 5.36. The van der Waals surface area contributed by atoms with Crippen LogP contribution in [0.2, 0.25) is 0 Å². The van der Waals surface area contributed by atoms with Crippen LogP contribution in [-0.2, 0) is 4.74 Å². The minimum absolute atomic E-state index is 0.345. The average Bonchev–Trinajstić information content (AvgIpc) is 2.60. The Morgan fingerprint density at radius 3 is 1.81 bits per heavy atom. The minimum Gasteiger partial charge on any atom is -0.379 e. The third-order valence-electron chi connectivity index (χ3n) is 5.71. The van der Waals surface area contributed by atoms with Gasteiger partial charge in [-0.25, -0.2) is 0 Å². The van der Waals surface area contributed by atoms with Gasteiger partial charge in [0.15, 0.2) is 0 Å². The van der Waals surface area contributed by atoms with E-state index >= 15 is 0 Å². The number of likely N-dealkylation sites (N-methyl/N-ethyl adjacent to an activating group) is 1. The summed E-state index contributed by atoms with van der Waals surface area (Å²) in [4.78, 5) is 7.69. The van der Waals surface area contributed by atoms with E-state index in [1.807, 2.05) is 0 Å². The van der Waals surface area contributed by atoms with Crippen LogP contribution in [-0.4, -0.2) is 85.8 Å². The van der Waals surface area contributed by atoms with Crippen molar-refractivity contribution in [3.63, 3.8) is 0 Å². The van der Waals surface area contributed by atoms with Crippen molar-refractivity contribution in [2.24, 2.45) is 11.8 Å². The number of morpholine rings is 1. The number of rotatable bonds is 7. The van der Waals surface area contributed by atoms with Gasteiger partial charge in [-0.3, -0.25) is 4.90 Å². The Bertz CT molecular complexity index is 343. The quantitative estimate of drug-likeness (QED) is 0.679. The molecule has 0 aromatic carbocycles. The molecule has 4 heteroatoms. The molecular weight excluding hydrogens is 322 g/mol. The van der Waals surface area contributed by atoms with Crippen molar-refractivity contribution in [2.45, 2.75) is 66.8 Å². The van der Waals surface area contributed by atoms with Crippen molar-refractivity contribution in [2.75, 3.05) is 65.6 Å². The first-order valence-corrected chi connectivity index (χ1v) is 11.0. The predicted molar refractivity (Wildman–Crippen MR) is 114 cm³/mol. The lowest BCUT2D eigenvalue weighted by Crippen LogP contribution is -2.50. The summed E-state index contributed by atoms with van der Waals surface area (Å²) in [5, 5.41) is 0. The normalized spacial score (nSPS) is 21.1. The van der Waals surface area contributed by atoms with Gasteiger partial charge < -0.3 is 14.5 Å². The lowest BCUT2D eigenvalue weighted by molar-refractivity contribution is -0.0165. The lowest BCUT2D eigenvalue weighted by atomic mass is 9.90. The van der Waals surface area contributed by atoms with E-state index in [0.29, 0.717) is 5.54 Å². The molecule has 0 atom stereocenters. The van der Waals surface area contributed by atoms with Crippen molar-refractivity contribution < 1.29 is 4.74 Å². The molecule has 2 saturated heterocycles. The van der Waals surface area contributed by atoms with Crippen LogP contribution in [0.1, 0.15) is 61.3 Å². The third kappa shape index (κ3) is 9.68. The molecular formula is C22H47N3O. The van der Waals surface area contributed by atoms with Gasteiger partial charge >= 0.3 is 0 Å². The van der Waals surface area contributed by atoms with Crippen LogP contribution in [0.15, 0.2) is 0 Å². The monoisotopic (exact) mass is 369 g/mol. The van der Waals surface area contributed by atoms with E-state index in [2.05, 4.69) is 63.2 Å². The van der Waals surface area contributed by atoms with Crippen LogP contribution >= 0.6 is 0 Å². The van der Waals surface area contributed by atoms with Crippen LogP contribution in [0.25, 0.3) is 0 Å². The Morgan fingerprint density at radius 2 is 1.35 bits per heavy atom. The second-order valence-electron chi connectivity index (χ2n) is 9.47. The average molecular weight is 370 g/mol. The van der Waals surface area contributed by atoms with E-state index in [1.165, 1.54) is 52.1 Å². The molecule has 0 bridgehead atoms. The molecule has 0 aromatic rings. The molecule has 2 heterocycles. The van der Waals surface area contributed by atoms with Gasteiger partial charge in [-0.05, 0) is 51.6 Å².